The van der Waals surface area contributed by atoms with Crippen LogP contribution in [0.2, 0.25) is 0 Å². The molecule has 0 amide bonds. The Bertz CT molecular complexity index is 581. The van der Waals surface area contributed by atoms with Crippen molar-refractivity contribution in [3.8, 4) is 0 Å². The summed E-state index contributed by atoms with van der Waals surface area (Å²) in [6, 6.07) is 1.74. The monoisotopic (exact) mass is 366 g/mol. The number of nitrogens with zero attached hydrogens (tertiary/aromatic N) is 1. The molecule has 0 saturated carbocycles. The first kappa shape index (κ1) is 15.4. The summed E-state index contributed by atoms with van der Waals surface area (Å²) in [6.07, 6.45) is 0.705. The highest BCUT2D eigenvalue weighted by atomic mass is 79.9. The van der Waals surface area contributed by atoms with Crippen LogP contribution in [-0.4, -0.2) is 31.9 Å². The summed E-state index contributed by atoms with van der Waals surface area (Å²) in [5, 5.41) is 0. The minimum absolute atomic E-state index is 0.0502. The maximum absolute atomic E-state index is 12.7. The van der Waals surface area contributed by atoms with E-state index in [4.69, 9.17) is 5.73 Å². The number of nitrogens with two attached hydrogens (primary N) is 1. The highest BCUT2D eigenvalue weighted by Crippen LogP contribution is 2.35. The Kier molecular flexibility index (Phi) is 4.15. The van der Waals surface area contributed by atoms with Crippen LogP contribution in [0.4, 0.5) is 0 Å². The van der Waals surface area contributed by atoms with Crippen molar-refractivity contribution in [2.24, 2.45) is 11.1 Å². The molecule has 0 bridgehead atoms. The number of sulfonamides is 1. The van der Waals surface area contributed by atoms with Gasteiger partial charge in [0.05, 0.1) is 8.68 Å². The molecule has 1 aliphatic rings. The third kappa shape index (κ3) is 2.90. The highest BCUT2D eigenvalue weighted by molar-refractivity contribution is 9.11. The molecule has 1 saturated heterocycles. The number of halogens is 1. The second-order valence-corrected chi connectivity index (χ2v) is 10.2. The minimum Gasteiger partial charge on any atom is -0.327 e. The fourth-order valence-corrected chi connectivity index (χ4v) is 6.37. The normalized spacial score (nSPS) is 24.6. The molecule has 4 nitrogen and oxygen atoms in total. The third-order valence-electron chi connectivity index (χ3n) is 3.74. The van der Waals surface area contributed by atoms with Crippen molar-refractivity contribution in [1.29, 1.82) is 0 Å². The Balaban J connectivity index is 2.34. The molecule has 1 aliphatic heterocycles. The van der Waals surface area contributed by atoms with E-state index < -0.39 is 10.0 Å². The number of aryl methyl sites for hydroxylation is 1. The van der Waals surface area contributed by atoms with Crippen LogP contribution >= 0.6 is 27.3 Å². The summed E-state index contributed by atoms with van der Waals surface area (Å²) >= 11 is 4.79. The lowest BCUT2D eigenvalue weighted by Gasteiger charge is -2.41. The summed E-state index contributed by atoms with van der Waals surface area (Å²) in [7, 11) is -3.41. The van der Waals surface area contributed by atoms with Crippen molar-refractivity contribution in [1.82, 2.24) is 4.31 Å². The van der Waals surface area contributed by atoms with Gasteiger partial charge in [-0.25, -0.2) is 8.42 Å². The van der Waals surface area contributed by atoms with E-state index in [0.717, 1.165) is 8.66 Å². The van der Waals surface area contributed by atoms with E-state index in [1.54, 1.807) is 10.4 Å². The predicted molar refractivity (Wildman–Crippen MR) is 81.9 cm³/mol. The molecule has 0 spiro atoms. The first-order valence-corrected chi connectivity index (χ1v) is 9.21. The molecule has 108 valence electrons. The van der Waals surface area contributed by atoms with E-state index in [2.05, 4.69) is 15.9 Å². The van der Waals surface area contributed by atoms with Gasteiger partial charge >= 0.3 is 0 Å². The maximum atomic E-state index is 12.7. The molecular weight excluding hydrogens is 348 g/mol. The molecule has 7 heteroatoms. The molecular formula is C12H19BrN2O2S2. The van der Waals surface area contributed by atoms with Crippen molar-refractivity contribution >= 4 is 37.3 Å². The Morgan fingerprint density at radius 3 is 2.63 bits per heavy atom. The van der Waals surface area contributed by atoms with Crippen LogP contribution in [0.25, 0.3) is 0 Å². The van der Waals surface area contributed by atoms with Gasteiger partial charge in [-0.1, -0.05) is 13.8 Å². The summed E-state index contributed by atoms with van der Waals surface area (Å²) in [5.41, 5.74) is 5.88. The average molecular weight is 367 g/mol. The van der Waals surface area contributed by atoms with Crippen molar-refractivity contribution in [3.63, 3.8) is 0 Å². The maximum Gasteiger partial charge on any atom is 0.244 e. The molecule has 19 heavy (non-hydrogen) atoms. The fourth-order valence-electron chi connectivity index (χ4n) is 2.36. The second-order valence-electron chi connectivity index (χ2n) is 5.69. The average Bonchev–Trinajstić information content (AvgIpc) is 2.62. The van der Waals surface area contributed by atoms with Gasteiger partial charge < -0.3 is 5.73 Å². The molecule has 1 atom stereocenters. The molecule has 1 aromatic heterocycles. The van der Waals surface area contributed by atoms with Crippen LogP contribution in [0.15, 0.2) is 14.7 Å². The largest absolute Gasteiger partial charge is 0.327 e. The summed E-state index contributed by atoms with van der Waals surface area (Å²) in [4.78, 5) is 1.23. The topological polar surface area (TPSA) is 63.4 Å². The van der Waals surface area contributed by atoms with E-state index in [1.807, 2.05) is 20.8 Å². The standard InChI is InChI=1S/C12H19BrN2O2S2/c1-8-9(6-11(13)18-8)19(16,17)15-5-4-10(14)12(2,3)7-15/h6,10H,4-5,7,14H2,1-3H3. The quantitative estimate of drug-likeness (QED) is 0.874. The van der Waals surface area contributed by atoms with E-state index in [-0.39, 0.29) is 11.5 Å². The first-order valence-electron chi connectivity index (χ1n) is 6.16. The van der Waals surface area contributed by atoms with Gasteiger partial charge in [-0.3, -0.25) is 0 Å². The van der Waals surface area contributed by atoms with Crippen molar-refractivity contribution in [2.45, 2.75) is 38.1 Å². The SMILES string of the molecule is Cc1sc(Br)cc1S(=O)(=O)N1CCC(N)C(C)(C)C1. The van der Waals surface area contributed by atoms with Crippen LogP contribution in [-0.2, 0) is 10.0 Å². The lowest BCUT2D eigenvalue weighted by Crippen LogP contribution is -2.53. The van der Waals surface area contributed by atoms with E-state index in [0.29, 0.717) is 24.4 Å². The summed E-state index contributed by atoms with van der Waals surface area (Å²) < 4.78 is 27.8. The Morgan fingerprint density at radius 1 is 1.53 bits per heavy atom. The van der Waals surface area contributed by atoms with Crippen molar-refractivity contribution in [3.05, 3.63) is 14.7 Å². The number of hydrogen-bond donors (Lipinski definition) is 1. The van der Waals surface area contributed by atoms with Crippen molar-refractivity contribution < 1.29 is 8.42 Å². The van der Waals surface area contributed by atoms with Gasteiger partial charge in [-0.05, 0) is 40.8 Å². The number of rotatable bonds is 2. The Labute approximate surface area is 127 Å². The molecule has 0 aliphatic carbocycles. The molecule has 2 heterocycles. The summed E-state index contributed by atoms with van der Waals surface area (Å²) in [6.45, 7) is 6.86. The van der Waals surface area contributed by atoms with Gasteiger partial charge in [0, 0.05) is 24.0 Å². The van der Waals surface area contributed by atoms with Gasteiger partial charge in [0.2, 0.25) is 10.0 Å². The Morgan fingerprint density at radius 2 is 2.16 bits per heavy atom. The van der Waals surface area contributed by atoms with Gasteiger partial charge in [0.25, 0.3) is 0 Å². The summed E-state index contributed by atoms with van der Waals surface area (Å²) in [5.74, 6) is 0. The van der Waals surface area contributed by atoms with E-state index >= 15 is 0 Å². The second kappa shape index (κ2) is 5.11. The smallest absolute Gasteiger partial charge is 0.244 e. The number of piperidine rings is 1. The third-order valence-corrected chi connectivity index (χ3v) is 7.39. The number of hydrogen-bond acceptors (Lipinski definition) is 4. The molecule has 1 unspecified atom stereocenters. The molecule has 0 aromatic carbocycles. The van der Waals surface area contributed by atoms with Gasteiger partial charge in [0.15, 0.2) is 0 Å². The zero-order chi connectivity index (χ0) is 14.4. The highest BCUT2D eigenvalue weighted by Gasteiger charge is 2.39. The molecule has 1 fully saturated rings. The predicted octanol–water partition coefficient (Wildman–Crippen LogP) is 2.57. The molecule has 2 N–H and O–H groups in total. The van der Waals surface area contributed by atoms with Crippen LogP contribution in [0, 0.1) is 12.3 Å². The lowest BCUT2D eigenvalue weighted by atomic mass is 9.81. The van der Waals surface area contributed by atoms with Gasteiger partial charge in [-0.2, -0.15) is 4.31 Å². The molecule has 2 rings (SSSR count). The molecule has 0 radical (unpaired) electrons. The number of thiophene rings is 1. The van der Waals surface area contributed by atoms with Crippen molar-refractivity contribution in [2.75, 3.05) is 13.1 Å². The first-order chi connectivity index (χ1) is 8.64. The Hall–Kier alpha value is 0.0500. The zero-order valence-electron chi connectivity index (χ0n) is 11.3. The zero-order valence-corrected chi connectivity index (χ0v) is 14.5. The van der Waals surface area contributed by atoms with Crippen LogP contribution in [0.3, 0.4) is 0 Å². The van der Waals surface area contributed by atoms with E-state index in [1.165, 1.54) is 11.3 Å². The minimum atomic E-state index is -3.41. The van der Waals surface area contributed by atoms with Gasteiger partial charge in [0.1, 0.15) is 0 Å². The lowest BCUT2D eigenvalue weighted by molar-refractivity contribution is 0.155. The molecule has 1 aromatic rings. The fraction of sp³-hybridized carbons (Fsp3) is 0.667. The van der Waals surface area contributed by atoms with Crippen LogP contribution < -0.4 is 5.73 Å². The van der Waals surface area contributed by atoms with Crippen LogP contribution in [0.1, 0.15) is 25.1 Å². The van der Waals surface area contributed by atoms with Crippen LogP contribution in [0.5, 0.6) is 0 Å². The van der Waals surface area contributed by atoms with Gasteiger partial charge in [-0.15, -0.1) is 11.3 Å². The van der Waals surface area contributed by atoms with E-state index in [9.17, 15) is 8.42 Å².